The Balaban J connectivity index is 3.36. The Hall–Kier alpha value is -1.23. The number of nitrogens with two attached hydrogens (primary N) is 1. The summed E-state index contributed by atoms with van der Waals surface area (Å²) in [4.78, 5) is 10.5. The highest BCUT2D eigenvalue weighted by molar-refractivity contribution is 9.10. The normalized spacial score (nSPS) is 9.75. The van der Waals surface area contributed by atoms with Crippen molar-refractivity contribution in [2.24, 2.45) is 0 Å². The van der Waals surface area contributed by atoms with Crippen molar-refractivity contribution in [2.75, 3.05) is 5.73 Å². The Bertz CT molecular complexity index is 338. The van der Waals surface area contributed by atoms with Crippen LogP contribution in [0, 0.1) is 0 Å². The van der Waals surface area contributed by atoms with E-state index in [1.807, 2.05) is 0 Å². The lowest BCUT2D eigenvalue weighted by Gasteiger charge is -2.03. The smallest absolute Gasteiger partial charge is 0.339 e. The summed E-state index contributed by atoms with van der Waals surface area (Å²) in [6, 6.07) is 2.66. The van der Waals surface area contributed by atoms with Gasteiger partial charge < -0.3 is 15.9 Å². The van der Waals surface area contributed by atoms with Crippen LogP contribution in [0.4, 0.5) is 5.69 Å². The number of carbonyl (C=O) groups is 1. The molecule has 0 aliphatic rings. The Morgan fingerprint density at radius 3 is 2.58 bits per heavy atom. The predicted molar refractivity (Wildman–Crippen MR) is 47.2 cm³/mol. The molecule has 0 bridgehead atoms. The molecule has 1 rings (SSSR count). The minimum absolute atomic E-state index is 0.170. The van der Waals surface area contributed by atoms with Gasteiger partial charge in [0, 0.05) is 5.69 Å². The van der Waals surface area contributed by atoms with Crippen LogP contribution in [-0.2, 0) is 0 Å². The summed E-state index contributed by atoms with van der Waals surface area (Å²) in [5.74, 6) is -1.53. The molecule has 0 saturated heterocycles. The zero-order valence-electron chi connectivity index (χ0n) is 5.91. The second-order valence-corrected chi connectivity index (χ2v) is 2.96. The molecule has 0 aromatic heterocycles. The number of carboxylic acids is 1. The molecule has 0 heterocycles. The number of halogens is 1. The molecule has 12 heavy (non-hydrogen) atoms. The fourth-order valence-corrected chi connectivity index (χ4v) is 1.10. The molecular formula is C7H6BrNO3. The first-order valence-corrected chi connectivity index (χ1v) is 3.83. The summed E-state index contributed by atoms with van der Waals surface area (Å²) in [6.45, 7) is 0. The van der Waals surface area contributed by atoms with Crippen LogP contribution in [0.1, 0.15) is 10.4 Å². The number of aromatic carboxylic acids is 1. The summed E-state index contributed by atoms with van der Waals surface area (Å²) in [5.41, 5.74) is 5.52. The van der Waals surface area contributed by atoms with Gasteiger partial charge in [0.25, 0.3) is 0 Å². The van der Waals surface area contributed by atoms with Gasteiger partial charge in [0.2, 0.25) is 0 Å². The first kappa shape index (κ1) is 8.86. The lowest BCUT2D eigenvalue weighted by molar-refractivity contribution is 0.0693. The second-order valence-electron chi connectivity index (χ2n) is 2.17. The number of hydrogen-bond acceptors (Lipinski definition) is 3. The third kappa shape index (κ3) is 1.35. The van der Waals surface area contributed by atoms with Crippen molar-refractivity contribution < 1.29 is 15.0 Å². The number of hydrogen-bond donors (Lipinski definition) is 3. The number of anilines is 1. The molecule has 0 atom stereocenters. The van der Waals surface area contributed by atoms with Gasteiger partial charge in [0.1, 0.15) is 11.3 Å². The second kappa shape index (κ2) is 3.02. The van der Waals surface area contributed by atoms with E-state index in [0.29, 0.717) is 5.69 Å². The van der Waals surface area contributed by atoms with E-state index >= 15 is 0 Å². The van der Waals surface area contributed by atoms with E-state index in [9.17, 15) is 9.90 Å². The van der Waals surface area contributed by atoms with Gasteiger partial charge in [0.15, 0.2) is 0 Å². The zero-order valence-corrected chi connectivity index (χ0v) is 7.50. The summed E-state index contributed by atoms with van der Waals surface area (Å²) >= 11 is 2.96. The van der Waals surface area contributed by atoms with Gasteiger partial charge in [-0.2, -0.15) is 0 Å². The molecule has 1 aromatic rings. The van der Waals surface area contributed by atoms with Crippen LogP contribution in [0.5, 0.6) is 5.75 Å². The molecule has 0 unspecified atom stereocenters. The number of aromatic hydroxyl groups is 1. The maximum Gasteiger partial charge on any atom is 0.339 e. The van der Waals surface area contributed by atoms with Gasteiger partial charge in [-0.15, -0.1) is 0 Å². The molecule has 0 aliphatic carbocycles. The van der Waals surface area contributed by atoms with Crippen molar-refractivity contribution in [3.63, 3.8) is 0 Å². The largest absolute Gasteiger partial charge is 0.506 e. The maximum absolute atomic E-state index is 10.5. The van der Waals surface area contributed by atoms with E-state index in [2.05, 4.69) is 15.9 Å². The molecule has 0 amide bonds. The highest BCUT2D eigenvalue weighted by Crippen LogP contribution is 2.32. The molecule has 4 N–H and O–H groups in total. The number of benzene rings is 1. The highest BCUT2D eigenvalue weighted by Gasteiger charge is 2.13. The van der Waals surface area contributed by atoms with Crippen molar-refractivity contribution in [3.05, 3.63) is 22.2 Å². The fourth-order valence-electron chi connectivity index (χ4n) is 0.753. The lowest BCUT2D eigenvalue weighted by Crippen LogP contribution is -1.98. The van der Waals surface area contributed by atoms with Crippen molar-refractivity contribution in [1.29, 1.82) is 0 Å². The standard InChI is InChI=1S/C7H6BrNO3/c8-5-4(9)2-1-3(6(5)10)7(11)12/h1-2,10H,9H2,(H,11,12). The molecule has 0 spiro atoms. The molecular weight excluding hydrogens is 226 g/mol. The van der Waals surface area contributed by atoms with Crippen molar-refractivity contribution in [2.45, 2.75) is 0 Å². The Labute approximate surface area is 76.8 Å². The third-order valence-electron chi connectivity index (χ3n) is 1.38. The molecule has 4 nitrogen and oxygen atoms in total. The number of nitrogen functional groups attached to an aromatic ring is 1. The van der Waals surface area contributed by atoms with Gasteiger partial charge in [-0.25, -0.2) is 4.79 Å². The van der Waals surface area contributed by atoms with E-state index in [-0.39, 0.29) is 15.8 Å². The molecule has 1 aromatic carbocycles. The highest BCUT2D eigenvalue weighted by atomic mass is 79.9. The van der Waals surface area contributed by atoms with Crippen molar-refractivity contribution in [1.82, 2.24) is 0 Å². The predicted octanol–water partition coefficient (Wildman–Crippen LogP) is 1.44. The molecule has 0 aliphatic heterocycles. The lowest BCUT2D eigenvalue weighted by atomic mass is 10.2. The number of carboxylic acid groups (broad SMARTS) is 1. The van der Waals surface area contributed by atoms with Gasteiger partial charge in [-0.1, -0.05) is 0 Å². The Kier molecular flexibility index (Phi) is 2.23. The average molecular weight is 232 g/mol. The van der Waals surface area contributed by atoms with Crippen LogP contribution in [0.3, 0.4) is 0 Å². The monoisotopic (exact) mass is 231 g/mol. The van der Waals surface area contributed by atoms with Gasteiger partial charge in [0.05, 0.1) is 4.47 Å². The summed E-state index contributed by atoms with van der Waals surface area (Å²) in [7, 11) is 0. The van der Waals surface area contributed by atoms with Crippen molar-refractivity contribution in [3.8, 4) is 5.75 Å². The SMILES string of the molecule is Nc1ccc(C(=O)O)c(O)c1Br. The fraction of sp³-hybridized carbons (Fsp3) is 0. The Morgan fingerprint density at radius 2 is 2.08 bits per heavy atom. The maximum atomic E-state index is 10.5. The van der Waals surface area contributed by atoms with Crippen molar-refractivity contribution >= 4 is 27.6 Å². The molecule has 5 heteroatoms. The minimum Gasteiger partial charge on any atom is -0.506 e. The third-order valence-corrected chi connectivity index (χ3v) is 2.21. The van der Waals surface area contributed by atoms with E-state index in [4.69, 9.17) is 10.8 Å². The quantitative estimate of drug-likeness (QED) is 0.639. The molecule has 0 saturated carbocycles. The topological polar surface area (TPSA) is 83.6 Å². The van der Waals surface area contributed by atoms with E-state index in [1.54, 1.807) is 0 Å². The average Bonchev–Trinajstić information content (AvgIpc) is 2.00. The molecule has 0 radical (unpaired) electrons. The summed E-state index contributed by atoms with van der Waals surface area (Å²) in [5, 5.41) is 17.8. The molecule has 0 fully saturated rings. The van der Waals surface area contributed by atoms with Crippen LogP contribution >= 0.6 is 15.9 Å². The van der Waals surface area contributed by atoms with E-state index < -0.39 is 5.97 Å². The van der Waals surface area contributed by atoms with E-state index in [1.165, 1.54) is 12.1 Å². The Morgan fingerprint density at radius 1 is 1.50 bits per heavy atom. The number of rotatable bonds is 1. The summed E-state index contributed by atoms with van der Waals surface area (Å²) < 4.78 is 0.211. The van der Waals surface area contributed by atoms with Crippen LogP contribution in [0.25, 0.3) is 0 Å². The van der Waals surface area contributed by atoms with E-state index in [0.717, 1.165) is 0 Å². The first-order valence-electron chi connectivity index (χ1n) is 3.04. The van der Waals surface area contributed by atoms with Crippen LogP contribution < -0.4 is 5.73 Å². The van der Waals surface area contributed by atoms with Gasteiger partial charge in [-0.05, 0) is 28.1 Å². The minimum atomic E-state index is -1.19. The van der Waals surface area contributed by atoms with Crippen LogP contribution in [0.15, 0.2) is 16.6 Å². The van der Waals surface area contributed by atoms with Gasteiger partial charge in [-0.3, -0.25) is 0 Å². The molecule has 64 valence electrons. The number of phenols is 1. The van der Waals surface area contributed by atoms with Crippen LogP contribution in [-0.4, -0.2) is 16.2 Å². The first-order chi connectivity index (χ1) is 5.54. The summed E-state index contributed by atoms with van der Waals surface area (Å²) in [6.07, 6.45) is 0. The zero-order chi connectivity index (χ0) is 9.30. The van der Waals surface area contributed by atoms with Gasteiger partial charge >= 0.3 is 5.97 Å². The van der Waals surface area contributed by atoms with Crippen LogP contribution in [0.2, 0.25) is 0 Å².